The first-order valence-electron chi connectivity index (χ1n) is 11.1. The zero-order chi connectivity index (χ0) is 21.7. The third-order valence-corrected chi connectivity index (χ3v) is 5.95. The highest BCUT2D eigenvalue weighted by atomic mass is 19.3. The number of halogens is 2. The van der Waals surface area contributed by atoms with Crippen LogP contribution in [0.25, 0.3) is 0 Å². The summed E-state index contributed by atoms with van der Waals surface area (Å²) >= 11 is 0. The molecule has 0 radical (unpaired) electrons. The number of benzene rings is 1. The molecule has 0 bridgehead atoms. The highest BCUT2D eigenvalue weighted by Crippen LogP contribution is 2.44. The molecule has 2 atom stereocenters. The standard InChI is InChI=1S/C23H33F2NO4/c1-3-5-11-29-19-10-8-16-17(21(19)30-12-6-4-2)7-9-18(20(16)27)26-22(28)15-13-23(24,25)14-15/h8,10,15,18,20,27H,3-7,9,11-14H2,1-2H3,(H,26,28)/t18-,20-/m1/s1. The van der Waals surface area contributed by atoms with Crippen LogP contribution in [0.4, 0.5) is 8.78 Å². The lowest BCUT2D eigenvalue weighted by atomic mass is 9.79. The zero-order valence-electron chi connectivity index (χ0n) is 17.9. The number of hydrogen-bond acceptors (Lipinski definition) is 4. The third-order valence-electron chi connectivity index (χ3n) is 5.95. The molecule has 2 aliphatic carbocycles. The van der Waals surface area contributed by atoms with Crippen molar-refractivity contribution < 1.29 is 28.2 Å². The lowest BCUT2D eigenvalue weighted by molar-refractivity contribution is -0.151. The molecule has 2 N–H and O–H groups in total. The second kappa shape index (κ2) is 9.94. The summed E-state index contributed by atoms with van der Waals surface area (Å²) in [6.45, 7) is 5.37. The zero-order valence-corrected chi connectivity index (χ0v) is 17.9. The fraction of sp³-hybridized carbons (Fsp3) is 0.696. The molecule has 0 spiro atoms. The van der Waals surface area contributed by atoms with E-state index >= 15 is 0 Å². The maximum absolute atomic E-state index is 13.1. The summed E-state index contributed by atoms with van der Waals surface area (Å²) in [6, 6.07) is 3.15. The van der Waals surface area contributed by atoms with Crippen LogP contribution in [0.15, 0.2) is 12.1 Å². The minimum absolute atomic E-state index is 0.396. The van der Waals surface area contributed by atoms with Gasteiger partial charge in [-0.2, -0.15) is 0 Å². The Labute approximate surface area is 177 Å². The average molecular weight is 426 g/mol. The smallest absolute Gasteiger partial charge is 0.249 e. The van der Waals surface area contributed by atoms with E-state index in [9.17, 15) is 18.7 Å². The van der Waals surface area contributed by atoms with Crippen LogP contribution in [-0.2, 0) is 11.2 Å². The topological polar surface area (TPSA) is 67.8 Å². The van der Waals surface area contributed by atoms with E-state index in [1.165, 1.54) is 0 Å². The van der Waals surface area contributed by atoms with Crippen molar-refractivity contribution in [2.45, 2.75) is 83.3 Å². The van der Waals surface area contributed by atoms with Crippen molar-refractivity contribution in [3.8, 4) is 11.5 Å². The molecule has 5 nitrogen and oxygen atoms in total. The van der Waals surface area contributed by atoms with Crippen molar-refractivity contribution >= 4 is 5.91 Å². The quantitative estimate of drug-likeness (QED) is 0.540. The monoisotopic (exact) mass is 425 g/mol. The molecule has 1 saturated carbocycles. The van der Waals surface area contributed by atoms with E-state index in [-0.39, 0.29) is 0 Å². The number of aliphatic hydroxyl groups is 1. The number of amides is 1. The van der Waals surface area contributed by atoms with Gasteiger partial charge in [0, 0.05) is 24.3 Å². The molecule has 0 aromatic heterocycles. The first-order valence-corrected chi connectivity index (χ1v) is 11.1. The number of carbonyl (C=O) groups is 1. The summed E-state index contributed by atoms with van der Waals surface area (Å²) in [6.07, 6.45) is 3.32. The maximum atomic E-state index is 13.1. The van der Waals surface area contributed by atoms with Gasteiger partial charge in [0.15, 0.2) is 11.5 Å². The van der Waals surface area contributed by atoms with Crippen LogP contribution in [0.2, 0.25) is 0 Å². The van der Waals surface area contributed by atoms with Gasteiger partial charge in [0.05, 0.1) is 25.4 Å². The number of fused-ring (bicyclic) bond motifs is 1. The van der Waals surface area contributed by atoms with Crippen LogP contribution in [0.3, 0.4) is 0 Å². The van der Waals surface area contributed by atoms with Crippen LogP contribution in [-0.4, -0.2) is 36.2 Å². The Morgan fingerprint density at radius 2 is 1.83 bits per heavy atom. The van der Waals surface area contributed by atoms with E-state index in [1.54, 1.807) is 0 Å². The van der Waals surface area contributed by atoms with E-state index in [0.717, 1.165) is 31.2 Å². The molecule has 1 aromatic carbocycles. The van der Waals surface area contributed by atoms with Gasteiger partial charge in [-0.05, 0) is 37.3 Å². The molecule has 0 aliphatic heterocycles. The third kappa shape index (κ3) is 5.23. The van der Waals surface area contributed by atoms with Crippen molar-refractivity contribution in [3.05, 3.63) is 23.3 Å². The van der Waals surface area contributed by atoms with Gasteiger partial charge in [0.2, 0.25) is 11.8 Å². The summed E-state index contributed by atoms with van der Waals surface area (Å²) in [5.41, 5.74) is 1.62. The summed E-state index contributed by atoms with van der Waals surface area (Å²) < 4.78 is 38.1. The van der Waals surface area contributed by atoms with Gasteiger partial charge in [-0.15, -0.1) is 0 Å². The van der Waals surface area contributed by atoms with Gasteiger partial charge in [-0.1, -0.05) is 32.8 Å². The molecule has 30 heavy (non-hydrogen) atoms. The fourth-order valence-corrected chi connectivity index (χ4v) is 4.05. The number of aliphatic hydroxyl groups excluding tert-OH is 1. The molecule has 0 heterocycles. The predicted octanol–water partition coefficient (Wildman–Crippen LogP) is 4.55. The van der Waals surface area contributed by atoms with Gasteiger partial charge in [0.25, 0.3) is 0 Å². The number of hydrogen-bond donors (Lipinski definition) is 2. The Hall–Kier alpha value is -1.89. The van der Waals surface area contributed by atoms with E-state index in [1.807, 2.05) is 12.1 Å². The van der Waals surface area contributed by atoms with E-state index in [4.69, 9.17) is 9.47 Å². The van der Waals surface area contributed by atoms with Gasteiger partial charge >= 0.3 is 0 Å². The first kappa shape index (κ1) is 22.8. The Kier molecular flexibility index (Phi) is 7.55. The minimum atomic E-state index is -2.74. The van der Waals surface area contributed by atoms with Crippen molar-refractivity contribution in [2.24, 2.45) is 5.92 Å². The van der Waals surface area contributed by atoms with Crippen molar-refractivity contribution in [1.29, 1.82) is 0 Å². The van der Waals surface area contributed by atoms with Crippen LogP contribution in [0.1, 0.15) is 76.0 Å². The number of ether oxygens (including phenoxy) is 2. The molecule has 1 amide bonds. The predicted molar refractivity (Wildman–Crippen MR) is 110 cm³/mol. The van der Waals surface area contributed by atoms with Crippen molar-refractivity contribution in [3.63, 3.8) is 0 Å². The molecule has 0 unspecified atom stereocenters. The Morgan fingerprint density at radius 1 is 1.17 bits per heavy atom. The summed E-state index contributed by atoms with van der Waals surface area (Å²) in [7, 11) is 0. The molecular formula is C23H33F2NO4. The largest absolute Gasteiger partial charge is 0.490 e. The lowest BCUT2D eigenvalue weighted by Gasteiger charge is -2.37. The van der Waals surface area contributed by atoms with E-state index < -0.39 is 42.7 Å². The normalized spacial score (nSPS) is 22.7. The Balaban J connectivity index is 1.72. The maximum Gasteiger partial charge on any atom is 0.249 e. The average Bonchev–Trinajstić information content (AvgIpc) is 2.69. The van der Waals surface area contributed by atoms with Crippen LogP contribution in [0.5, 0.6) is 11.5 Å². The molecule has 168 valence electrons. The van der Waals surface area contributed by atoms with Gasteiger partial charge < -0.3 is 19.9 Å². The molecule has 3 rings (SSSR count). The number of alkyl halides is 2. The highest BCUT2D eigenvalue weighted by molar-refractivity contribution is 5.80. The molecule has 0 saturated heterocycles. The van der Waals surface area contributed by atoms with E-state index in [0.29, 0.717) is 43.1 Å². The fourth-order valence-electron chi connectivity index (χ4n) is 4.05. The van der Waals surface area contributed by atoms with Crippen LogP contribution < -0.4 is 14.8 Å². The molecule has 7 heteroatoms. The molecular weight excluding hydrogens is 392 g/mol. The number of rotatable bonds is 10. The Morgan fingerprint density at radius 3 is 2.47 bits per heavy atom. The van der Waals surface area contributed by atoms with Crippen molar-refractivity contribution in [1.82, 2.24) is 5.32 Å². The molecule has 2 aliphatic rings. The van der Waals surface area contributed by atoms with Gasteiger partial charge in [0.1, 0.15) is 0 Å². The SMILES string of the molecule is CCCCOc1ccc2c(c1OCCCC)CC[C@@H](NC(=O)C1CC(F)(F)C1)[C@@H]2O. The van der Waals surface area contributed by atoms with Crippen LogP contribution in [0, 0.1) is 5.92 Å². The van der Waals surface area contributed by atoms with Crippen LogP contribution >= 0.6 is 0 Å². The first-order chi connectivity index (χ1) is 14.4. The minimum Gasteiger partial charge on any atom is -0.490 e. The second-order valence-corrected chi connectivity index (χ2v) is 8.42. The lowest BCUT2D eigenvalue weighted by Crippen LogP contribution is -2.50. The summed E-state index contributed by atoms with van der Waals surface area (Å²) in [4.78, 5) is 12.3. The highest BCUT2D eigenvalue weighted by Gasteiger charge is 2.49. The van der Waals surface area contributed by atoms with Gasteiger partial charge in [-0.25, -0.2) is 8.78 Å². The molecule has 1 fully saturated rings. The van der Waals surface area contributed by atoms with E-state index in [2.05, 4.69) is 19.2 Å². The summed E-state index contributed by atoms with van der Waals surface area (Å²) in [5.74, 6) is -2.44. The van der Waals surface area contributed by atoms with Crippen molar-refractivity contribution in [2.75, 3.05) is 13.2 Å². The molecule has 1 aromatic rings. The second-order valence-electron chi connectivity index (χ2n) is 8.42. The van der Waals surface area contributed by atoms with Gasteiger partial charge in [-0.3, -0.25) is 4.79 Å². The Bertz CT molecular complexity index is 732. The number of carbonyl (C=O) groups excluding carboxylic acids is 1. The summed E-state index contributed by atoms with van der Waals surface area (Å²) in [5, 5.41) is 13.7. The number of nitrogens with one attached hydrogen (secondary N) is 1. The number of unbranched alkanes of at least 4 members (excludes halogenated alkanes) is 2.